The monoisotopic (exact) mass is 487 g/mol. The van der Waals surface area contributed by atoms with E-state index in [9.17, 15) is 9.59 Å². The predicted molar refractivity (Wildman–Crippen MR) is 143 cm³/mol. The first-order valence-electron chi connectivity index (χ1n) is 12.9. The molecule has 36 heavy (non-hydrogen) atoms. The summed E-state index contributed by atoms with van der Waals surface area (Å²) in [5.41, 5.74) is 2.84. The molecular formula is C31H37NO4. The zero-order valence-electron chi connectivity index (χ0n) is 21.7. The number of aliphatic carboxylic acids is 1. The van der Waals surface area contributed by atoms with Crippen LogP contribution in [-0.4, -0.2) is 33.7 Å². The number of carbonyl (C=O) groups is 2. The Bertz CT molecular complexity index is 1210. The first-order valence-corrected chi connectivity index (χ1v) is 12.9. The van der Waals surface area contributed by atoms with Gasteiger partial charge < -0.3 is 9.84 Å². The van der Waals surface area contributed by atoms with E-state index in [0.717, 1.165) is 35.8 Å². The third-order valence-electron chi connectivity index (χ3n) is 7.17. The van der Waals surface area contributed by atoms with E-state index >= 15 is 0 Å². The fourth-order valence-corrected chi connectivity index (χ4v) is 5.42. The van der Waals surface area contributed by atoms with E-state index < -0.39 is 11.6 Å². The van der Waals surface area contributed by atoms with Crippen molar-refractivity contribution in [2.45, 2.75) is 83.4 Å². The van der Waals surface area contributed by atoms with Crippen LogP contribution in [0, 0.1) is 0 Å². The van der Waals surface area contributed by atoms with Crippen molar-refractivity contribution in [1.82, 2.24) is 4.90 Å². The smallest absolute Gasteiger partial charge is 0.411 e. The minimum atomic E-state index is -0.778. The van der Waals surface area contributed by atoms with Gasteiger partial charge in [-0.2, -0.15) is 0 Å². The van der Waals surface area contributed by atoms with E-state index in [2.05, 4.69) is 49.4 Å². The SMILES string of the molecule is C[C@H](c1cccc2ccccc12)N(C(=O)OC(C)(C)C)[C@H]1CC[C@@H](c2ccc(CCC(=O)O)cc2)C1. The molecule has 1 fully saturated rings. The van der Waals surface area contributed by atoms with Gasteiger partial charge in [-0.15, -0.1) is 0 Å². The van der Waals surface area contributed by atoms with Crippen molar-refractivity contribution in [2.24, 2.45) is 0 Å². The Hall–Kier alpha value is -3.34. The lowest BCUT2D eigenvalue weighted by Gasteiger charge is -2.37. The second-order valence-electron chi connectivity index (χ2n) is 10.9. The molecule has 1 aliphatic carbocycles. The van der Waals surface area contributed by atoms with Crippen LogP contribution < -0.4 is 0 Å². The highest BCUT2D eigenvalue weighted by atomic mass is 16.6. The normalized spacial score (nSPS) is 18.7. The number of fused-ring (bicyclic) bond motifs is 1. The standard InChI is InChI=1S/C31H37NO4/c1-21(27-11-7-9-24-8-5-6-10-28(24)27)32(30(35)36-31(2,3)4)26-18-17-25(20-26)23-15-12-22(13-16-23)14-19-29(33)34/h5-13,15-16,21,25-26H,14,17-20H2,1-4H3,(H,33,34)/t21-,25-,26+/m1/s1. The van der Waals surface area contributed by atoms with E-state index in [4.69, 9.17) is 9.84 Å². The van der Waals surface area contributed by atoms with E-state index in [1.165, 1.54) is 10.9 Å². The number of rotatable bonds is 7. The molecule has 4 rings (SSSR count). The summed E-state index contributed by atoms with van der Waals surface area (Å²) in [6, 6.07) is 22.9. The minimum absolute atomic E-state index is 0.0745. The van der Waals surface area contributed by atoms with Crippen LogP contribution in [0.1, 0.15) is 82.0 Å². The topological polar surface area (TPSA) is 66.8 Å². The summed E-state index contributed by atoms with van der Waals surface area (Å²) in [4.78, 5) is 26.4. The number of carboxylic acids is 1. The Morgan fingerprint density at radius 2 is 1.69 bits per heavy atom. The summed E-state index contributed by atoms with van der Waals surface area (Å²) in [5, 5.41) is 11.3. The highest BCUT2D eigenvalue weighted by Crippen LogP contribution is 2.41. The molecule has 1 amide bonds. The van der Waals surface area contributed by atoms with Crippen LogP contribution in [-0.2, 0) is 16.0 Å². The van der Waals surface area contributed by atoms with Gasteiger partial charge in [0.15, 0.2) is 0 Å². The highest BCUT2D eigenvalue weighted by Gasteiger charge is 2.38. The van der Waals surface area contributed by atoms with Gasteiger partial charge in [0.25, 0.3) is 0 Å². The molecule has 0 heterocycles. The Kier molecular flexibility index (Phi) is 7.67. The van der Waals surface area contributed by atoms with E-state index in [0.29, 0.717) is 12.3 Å². The van der Waals surface area contributed by atoms with Crippen LogP contribution in [0.4, 0.5) is 4.79 Å². The number of amides is 1. The molecule has 1 aliphatic rings. The fourth-order valence-electron chi connectivity index (χ4n) is 5.42. The predicted octanol–water partition coefficient (Wildman–Crippen LogP) is 7.49. The van der Waals surface area contributed by atoms with Crippen molar-refractivity contribution in [2.75, 3.05) is 0 Å². The number of carbonyl (C=O) groups excluding carboxylic acids is 1. The molecule has 5 nitrogen and oxygen atoms in total. The van der Waals surface area contributed by atoms with Crippen molar-refractivity contribution in [3.05, 3.63) is 83.4 Å². The number of ether oxygens (including phenoxy) is 1. The molecule has 1 saturated carbocycles. The number of aryl methyl sites for hydroxylation is 1. The van der Waals surface area contributed by atoms with Gasteiger partial charge in [0.1, 0.15) is 5.60 Å². The number of nitrogens with zero attached hydrogens (tertiary/aromatic N) is 1. The van der Waals surface area contributed by atoms with Crippen LogP contribution in [0.15, 0.2) is 66.7 Å². The van der Waals surface area contributed by atoms with Crippen molar-refractivity contribution in [1.29, 1.82) is 0 Å². The van der Waals surface area contributed by atoms with Crippen LogP contribution >= 0.6 is 0 Å². The first kappa shape index (κ1) is 25.7. The van der Waals surface area contributed by atoms with Gasteiger partial charge in [-0.1, -0.05) is 66.7 Å². The third-order valence-corrected chi connectivity index (χ3v) is 7.17. The summed E-state index contributed by atoms with van der Waals surface area (Å²) in [5.74, 6) is -0.423. The van der Waals surface area contributed by atoms with Crippen molar-refractivity contribution >= 4 is 22.8 Å². The average Bonchev–Trinajstić information content (AvgIpc) is 3.31. The van der Waals surface area contributed by atoms with Crippen LogP contribution in [0.3, 0.4) is 0 Å². The quantitative estimate of drug-likeness (QED) is 0.375. The lowest BCUT2D eigenvalue weighted by atomic mass is 9.94. The molecule has 3 atom stereocenters. The Balaban J connectivity index is 1.58. The first-order chi connectivity index (χ1) is 17.1. The van der Waals surface area contributed by atoms with Gasteiger partial charge >= 0.3 is 12.1 Å². The Morgan fingerprint density at radius 1 is 1.00 bits per heavy atom. The van der Waals surface area contributed by atoms with Gasteiger partial charge in [0, 0.05) is 12.5 Å². The molecule has 0 spiro atoms. The molecule has 0 bridgehead atoms. The van der Waals surface area contributed by atoms with Gasteiger partial charge in [-0.25, -0.2) is 4.79 Å². The molecule has 3 aromatic carbocycles. The van der Waals surface area contributed by atoms with E-state index in [-0.39, 0.29) is 24.6 Å². The van der Waals surface area contributed by atoms with Crippen LogP contribution in [0.25, 0.3) is 10.8 Å². The average molecular weight is 488 g/mol. The Labute approximate surface area is 214 Å². The molecule has 3 aromatic rings. The molecule has 190 valence electrons. The minimum Gasteiger partial charge on any atom is -0.481 e. The maximum absolute atomic E-state index is 13.6. The largest absolute Gasteiger partial charge is 0.481 e. The maximum atomic E-state index is 13.6. The summed E-state index contributed by atoms with van der Waals surface area (Å²) >= 11 is 0. The number of benzene rings is 3. The summed E-state index contributed by atoms with van der Waals surface area (Å²) in [6.45, 7) is 7.84. The molecule has 0 unspecified atom stereocenters. The molecule has 1 N–H and O–H groups in total. The second kappa shape index (κ2) is 10.7. The third kappa shape index (κ3) is 6.07. The molecule has 0 radical (unpaired) electrons. The Morgan fingerprint density at radius 3 is 2.39 bits per heavy atom. The molecule has 0 saturated heterocycles. The number of carboxylic acid groups (broad SMARTS) is 1. The second-order valence-corrected chi connectivity index (χ2v) is 10.9. The lowest BCUT2D eigenvalue weighted by molar-refractivity contribution is -0.136. The molecule has 5 heteroatoms. The van der Waals surface area contributed by atoms with E-state index in [1.54, 1.807) is 0 Å². The summed E-state index contributed by atoms with van der Waals surface area (Å²) < 4.78 is 5.91. The number of hydrogen-bond donors (Lipinski definition) is 1. The highest BCUT2D eigenvalue weighted by molar-refractivity contribution is 5.86. The molecule has 0 aromatic heterocycles. The zero-order valence-corrected chi connectivity index (χ0v) is 21.7. The van der Waals surface area contributed by atoms with Crippen LogP contribution in [0.5, 0.6) is 0 Å². The molecule has 0 aliphatic heterocycles. The van der Waals surface area contributed by atoms with Gasteiger partial charge in [-0.3, -0.25) is 9.69 Å². The molecular weight excluding hydrogens is 450 g/mol. The van der Waals surface area contributed by atoms with Gasteiger partial charge in [-0.05, 0) is 86.8 Å². The number of hydrogen-bond acceptors (Lipinski definition) is 3. The van der Waals surface area contributed by atoms with Gasteiger partial charge in [0.2, 0.25) is 0 Å². The van der Waals surface area contributed by atoms with Crippen LogP contribution in [0.2, 0.25) is 0 Å². The van der Waals surface area contributed by atoms with Crippen molar-refractivity contribution < 1.29 is 19.4 Å². The maximum Gasteiger partial charge on any atom is 0.411 e. The van der Waals surface area contributed by atoms with Crippen molar-refractivity contribution in [3.8, 4) is 0 Å². The summed E-state index contributed by atoms with van der Waals surface area (Å²) in [7, 11) is 0. The van der Waals surface area contributed by atoms with Gasteiger partial charge in [0.05, 0.1) is 6.04 Å². The van der Waals surface area contributed by atoms with Crippen molar-refractivity contribution in [3.63, 3.8) is 0 Å². The van der Waals surface area contributed by atoms with E-state index in [1.807, 2.05) is 49.9 Å². The lowest BCUT2D eigenvalue weighted by Crippen LogP contribution is -2.44. The fraction of sp³-hybridized carbons (Fsp3) is 0.419. The summed E-state index contributed by atoms with van der Waals surface area (Å²) in [6.07, 6.45) is 3.21. The zero-order chi connectivity index (χ0) is 25.9.